The molecule has 0 aliphatic rings. The molecular formula is C11H12LiNO4. The average molecular weight is 229 g/mol. The van der Waals surface area contributed by atoms with Crippen LogP contribution in [-0.2, 0) is 4.79 Å². The van der Waals surface area contributed by atoms with Crippen LogP contribution in [0.2, 0.25) is 0 Å². The van der Waals surface area contributed by atoms with E-state index < -0.39 is 5.97 Å². The molecule has 2 N–H and O–H groups in total. The van der Waals surface area contributed by atoms with Gasteiger partial charge in [0.1, 0.15) is 5.75 Å². The van der Waals surface area contributed by atoms with Gasteiger partial charge in [-0.05, 0) is 25.0 Å². The average Bonchev–Trinajstić information content (AvgIpc) is 2.24. The molecule has 0 bridgehead atoms. The fraction of sp³-hybridized carbons (Fsp3) is 0.273. The van der Waals surface area contributed by atoms with E-state index in [4.69, 9.17) is 10.5 Å². The van der Waals surface area contributed by atoms with Gasteiger partial charge >= 0.3 is 18.9 Å². The van der Waals surface area contributed by atoms with Crippen LogP contribution in [-0.4, -0.2) is 18.9 Å². The van der Waals surface area contributed by atoms with E-state index in [0.717, 1.165) is 0 Å². The van der Waals surface area contributed by atoms with Crippen molar-refractivity contribution >= 4 is 17.9 Å². The summed E-state index contributed by atoms with van der Waals surface area (Å²) in [5, 5.41) is 10.1. The monoisotopic (exact) mass is 229 g/mol. The Bertz CT molecular complexity index is 395. The van der Waals surface area contributed by atoms with Gasteiger partial charge in [0.05, 0.1) is 12.2 Å². The zero-order valence-corrected chi connectivity index (χ0v) is 9.64. The van der Waals surface area contributed by atoms with Crippen LogP contribution in [0.15, 0.2) is 18.2 Å². The van der Waals surface area contributed by atoms with Crippen molar-refractivity contribution in [2.45, 2.75) is 12.8 Å². The summed E-state index contributed by atoms with van der Waals surface area (Å²) in [6, 6.07) is 4.87. The minimum Gasteiger partial charge on any atom is -0.550 e. The first-order valence-corrected chi connectivity index (χ1v) is 4.81. The zero-order chi connectivity index (χ0) is 12.0. The molecule has 1 aromatic rings. The fourth-order valence-corrected chi connectivity index (χ4v) is 1.21. The molecular weight excluding hydrogens is 217 g/mol. The number of benzene rings is 1. The van der Waals surface area contributed by atoms with Crippen molar-refractivity contribution in [3.63, 3.8) is 0 Å². The first-order chi connectivity index (χ1) is 7.65. The third kappa shape index (κ3) is 4.94. The second-order valence-electron chi connectivity index (χ2n) is 3.20. The molecule has 0 amide bonds. The molecule has 17 heavy (non-hydrogen) atoms. The zero-order valence-electron chi connectivity index (χ0n) is 9.64. The van der Waals surface area contributed by atoms with Crippen molar-refractivity contribution in [1.82, 2.24) is 0 Å². The van der Waals surface area contributed by atoms with Gasteiger partial charge in [-0.3, -0.25) is 4.79 Å². The molecule has 0 atom stereocenters. The molecule has 6 heteroatoms. The number of carboxylic acid groups (broad SMARTS) is 1. The molecule has 0 spiro atoms. The van der Waals surface area contributed by atoms with E-state index in [-0.39, 0.29) is 37.5 Å². The molecule has 5 nitrogen and oxygen atoms in total. The normalized spacial score (nSPS) is 9.18. The number of aliphatic carboxylic acids is 1. The molecule has 0 aliphatic heterocycles. The van der Waals surface area contributed by atoms with Crippen molar-refractivity contribution in [2.75, 3.05) is 12.3 Å². The number of carbonyl (C=O) groups excluding carboxylic acids is 2. The molecule has 0 saturated heterocycles. The molecule has 0 heterocycles. The van der Waals surface area contributed by atoms with Crippen LogP contribution < -0.4 is 34.4 Å². The number of nitrogen functional groups attached to an aromatic ring is 1. The Labute approximate surface area is 111 Å². The Morgan fingerprint density at radius 1 is 1.47 bits per heavy atom. The van der Waals surface area contributed by atoms with Crippen LogP contribution in [0.5, 0.6) is 5.75 Å². The van der Waals surface area contributed by atoms with Gasteiger partial charge in [-0.15, -0.1) is 0 Å². The summed E-state index contributed by atoms with van der Waals surface area (Å²) in [5.41, 5.74) is 6.20. The van der Waals surface area contributed by atoms with E-state index >= 15 is 0 Å². The molecule has 86 valence electrons. The smallest absolute Gasteiger partial charge is 0.550 e. The maximum atomic E-state index is 10.7. The number of rotatable bonds is 6. The quantitative estimate of drug-likeness (QED) is 0.243. The standard InChI is InChI=1S/C11H13NO4.Li/c12-9-3-1-4-10(8(9)7-13)16-6-2-5-11(14)15;/h1,3-4,7H,2,5-6,12H2,(H,14,15);/q;+1/p-1. The minimum atomic E-state index is -1.12. The van der Waals surface area contributed by atoms with Crippen LogP contribution in [0.1, 0.15) is 23.2 Å². The summed E-state index contributed by atoms with van der Waals surface area (Å²) in [4.78, 5) is 20.9. The first-order valence-electron chi connectivity index (χ1n) is 4.81. The number of carboxylic acids is 1. The van der Waals surface area contributed by atoms with Crippen LogP contribution in [0.25, 0.3) is 0 Å². The Morgan fingerprint density at radius 2 is 2.18 bits per heavy atom. The van der Waals surface area contributed by atoms with Gasteiger partial charge in [-0.2, -0.15) is 0 Å². The van der Waals surface area contributed by atoms with Crippen molar-refractivity contribution in [1.29, 1.82) is 0 Å². The molecule has 0 unspecified atom stereocenters. The summed E-state index contributed by atoms with van der Waals surface area (Å²) in [5.74, 6) is -0.750. The predicted molar refractivity (Wildman–Crippen MR) is 56.0 cm³/mol. The van der Waals surface area contributed by atoms with Gasteiger partial charge < -0.3 is 20.4 Å². The van der Waals surface area contributed by atoms with Crippen LogP contribution >= 0.6 is 0 Å². The number of ether oxygens (including phenoxy) is 1. The number of anilines is 1. The predicted octanol–water partition coefficient (Wildman–Crippen LogP) is -3.01. The second kappa shape index (κ2) is 7.77. The molecule has 0 aromatic heterocycles. The third-order valence-electron chi connectivity index (χ3n) is 2.00. The minimum absolute atomic E-state index is 0. The number of aldehydes is 1. The molecule has 1 rings (SSSR count). The van der Waals surface area contributed by atoms with Crippen molar-refractivity contribution in [3.05, 3.63) is 23.8 Å². The Hall–Kier alpha value is -1.44. The number of carbonyl (C=O) groups is 2. The summed E-state index contributed by atoms with van der Waals surface area (Å²) < 4.78 is 5.26. The molecule has 1 aromatic carbocycles. The van der Waals surface area contributed by atoms with E-state index in [1.807, 2.05) is 0 Å². The third-order valence-corrected chi connectivity index (χ3v) is 2.00. The van der Waals surface area contributed by atoms with Gasteiger partial charge in [0.15, 0.2) is 6.29 Å². The van der Waals surface area contributed by atoms with Gasteiger partial charge in [-0.1, -0.05) is 6.07 Å². The van der Waals surface area contributed by atoms with E-state index in [1.54, 1.807) is 18.2 Å². The Kier molecular flexibility index (Phi) is 7.11. The number of hydrogen-bond acceptors (Lipinski definition) is 5. The maximum absolute atomic E-state index is 10.7. The van der Waals surface area contributed by atoms with Gasteiger partial charge in [-0.25, -0.2) is 0 Å². The van der Waals surface area contributed by atoms with Crippen molar-refractivity contribution < 1.29 is 38.3 Å². The summed E-state index contributed by atoms with van der Waals surface area (Å²) in [6.07, 6.45) is 0.873. The van der Waals surface area contributed by atoms with Gasteiger partial charge in [0.25, 0.3) is 0 Å². The van der Waals surface area contributed by atoms with Gasteiger partial charge in [0, 0.05) is 11.7 Å². The number of nitrogens with two attached hydrogens (primary N) is 1. The van der Waals surface area contributed by atoms with E-state index in [0.29, 0.717) is 24.1 Å². The van der Waals surface area contributed by atoms with Gasteiger partial charge in [0.2, 0.25) is 0 Å². The van der Waals surface area contributed by atoms with Crippen molar-refractivity contribution in [3.8, 4) is 5.75 Å². The van der Waals surface area contributed by atoms with Crippen LogP contribution in [0.4, 0.5) is 5.69 Å². The fourth-order valence-electron chi connectivity index (χ4n) is 1.21. The maximum Gasteiger partial charge on any atom is 1.00 e. The van der Waals surface area contributed by atoms with E-state index in [1.165, 1.54) is 0 Å². The Morgan fingerprint density at radius 3 is 2.76 bits per heavy atom. The molecule has 0 aliphatic carbocycles. The molecule has 0 radical (unpaired) electrons. The first kappa shape index (κ1) is 15.6. The molecule has 0 saturated carbocycles. The summed E-state index contributed by atoms with van der Waals surface area (Å²) >= 11 is 0. The van der Waals surface area contributed by atoms with Crippen molar-refractivity contribution in [2.24, 2.45) is 0 Å². The largest absolute Gasteiger partial charge is 1.00 e. The topological polar surface area (TPSA) is 92.4 Å². The van der Waals surface area contributed by atoms with E-state index in [9.17, 15) is 14.7 Å². The second-order valence-corrected chi connectivity index (χ2v) is 3.20. The van der Waals surface area contributed by atoms with Crippen LogP contribution in [0.3, 0.4) is 0 Å². The number of hydrogen-bond donors (Lipinski definition) is 1. The van der Waals surface area contributed by atoms with Crippen LogP contribution in [0, 0.1) is 0 Å². The summed E-state index contributed by atoms with van der Waals surface area (Å²) in [7, 11) is 0. The van der Waals surface area contributed by atoms with E-state index in [2.05, 4.69) is 0 Å². The SMILES string of the molecule is Nc1cccc(OCCCC(=O)[O-])c1C=O.[Li+]. The Balaban J connectivity index is 0.00000256. The summed E-state index contributed by atoms with van der Waals surface area (Å²) in [6.45, 7) is 0.207. The molecule has 0 fully saturated rings.